The Kier molecular flexibility index (Phi) is 5.66. The van der Waals surface area contributed by atoms with Crippen molar-refractivity contribution < 1.29 is 24.2 Å². The number of carbonyl (C=O) groups excluding carboxylic acids is 1. The summed E-state index contributed by atoms with van der Waals surface area (Å²) >= 11 is 5.92. The molecule has 6 heteroatoms. The summed E-state index contributed by atoms with van der Waals surface area (Å²) in [7, 11) is 0. The first-order valence-electron chi connectivity index (χ1n) is 7.37. The van der Waals surface area contributed by atoms with E-state index < -0.39 is 5.97 Å². The fourth-order valence-electron chi connectivity index (χ4n) is 2.61. The van der Waals surface area contributed by atoms with Gasteiger partial charge in [-0.1, -0.05) is 11.6 Å². The molecular formula is C16H19ClO5. The number of hydrogen-bond acceptors (Lipinski definition) is 4. The van der Waals surface area contributed by atoms with Gasteiger partial charge in [0.1, 0.15) is 5.75 Å². The highest BCUT2D eigenvalue weighted by molar-refractivity contribution is 6.33. The van der Waals surface area contributed by atoms with E-state index >= 15 is 0 Å². The summed E-state index contributed by atoms with van der Waals surface area (Å²) < 4.78 is 10.9. The van der Waals surface area contributed by atoms with E-state index in [4.69, 9.17) is 26.2 Å². The van der Waals surface area contributed by atoms with Crippen LogP contribution in [0.3, 0.4) is 0 Å². The summed E-state index contributed by atoms with van der Waals surface area (Å²) in [6.45, 7) is 2.21. The Balaban J connectivity index is 1.90. The number of benzene rings is 1. The summed E-state index contributed by atoms with van der Waals surface area (Å²) in [5.74, 6) is -0.686. The Morgan fingerprint density at radius 2 is 1.95 bits per heavy atom. The van der Waals surface area contributed by atoms with Crippen LogP contribution in [0.5, 0.6) is 5.75 Å². The van der Waals surface area contributed by atoms with Crippen LogP contribution in [0.2, 0.25) is 5.02 Å². The molecular weight excluding hydrogens is 308 g/mol. The SMILES string of the molecule is CCOC(=O)[C@H]1CC[C@@H](Oc2ccc(C(=O)O)c(Cl)c2)CC1. The first-order valence-corrected chi connectivity index (χ1v) is 7.75. The molecule has 0 atom stereocenters. The summed E-state index contributed by atoms with van der Waals surface area (Å²) in [5.41, 5.74) is 0.0556. The Labute approximate surface area is 134 Å². The van der Waals surface area contributed by atoms with Gasteiger partial charge in [0.15, 0.2) is 0 Å². The van der Waals surface area contributed by atoms with E-state index in [9.17, 15) is 9.59 Å². The lowest BCUT2D eigenvalue weighted by molar-refractivity contribution is -0.149. The average Bonchev–Trinajstić information content (AvgIpc) is 2.48. The van der Waals surface area contributed by atoms with Gasteiger partial charge in [0.2, 0.25) is 0 Å². The summed E-state index contributed by atoms with van der Waals surface area (Å²) in [6.07, 6.45) is 3.02. The van der Waals surface area contributed by atoms with Gasteiger partial charge in [-0.05, 0) is 50.8 Å². The number of aromatic carboxylic acids is 1. The molecule has 1 aromatic rings. The fourth-order valence-corrected chi connectivity index (χ4v) is 2.86. The molecule has 1 N–H and O–H groups in total. The molecule has 0 bridgehead atoms. The zero-order valence-electron chi connectivity index (χ0n) is 12.4. The van der Waals surface area contributed by atoms with Crippen LogP contribution in [0, 0.1) is 5.92 Å². The summed E-state index contributed by atoms with van der Waals surface area (Å²) in [6, 6.07) is 4.56. The van der Waals surface area contributed by atoms with Crippen molar-refractivity contribution in [3.05, 3.63) is 28.8 Å². The van der Waals surface area contributed by atoms with E-state index in [2.05, 4.69) is 0 Å². The van der Waals surface area contributed by atoms with Gasteiger partial charge >= 0.3 is 11.9 Å². The van der Waals surface area contributed by atoms with Crippen LogP contribution in [0.1, 0.15) is 43.0 Å². The van der Waals surface area contributed by atoms with E-state index in [1.807, 2.05) is 0 Å². The lowest BCUT2D eigenvalue weighted by Gasteiger charge is -2.27. The van der Waals surface area contributed by atoms with E-state index in [1.54, 1.807) is 13.0 Å². The molecule has 0 amide bonds. The number of carbonyl (C=O) groups is 2. The summed E-state index contributed by atoms with van der Waals surface area (Å²) in [5, 5.41) is 9.09. The van der Waals surface area contributed by atoms with Gasteiger partial charge in [0.25, 0.3) is 0 Å². The second kappa shape index (κ2) is 7.49. The minimum atomic E-state index is -1.06. The lowest BCUT2D eigenvalue weighted by Crippen LogP contribution is -2.29. The molecule has 0 aliphatic heterocycles. The molecule has 1 aliphatic carbocycles. The van der Waals surface area contributed by atoms with E-state index in [-0.39, 0.29) is 28.6 Å². The molecule has 1 fully saturated rings. The fraction of sp³-hybridized carbons (Fsp3) is 0.500. The quantitative estimate of drug-likeness (QED) is 0.838. The monoisotopic (exact) mass is 326 g/mol. The van der Waals surface area contributed by atoms with Crippen LogP contribution in [-0.2, 0) is 9.53 Å². The summed E-state index contributed by atoms with van der Waals surface area (Å²) in [4.78, 5) is 22.6. The van der Waals surface area contributed by atoms with Crippen molar-refractivity contribution in [2.75, 3.05) is 6.61 Å². The van der Waals surface area contributed by atoms with Crippen molar-refractivity contribution in [2.24, 2.45) is 5.92 Å². The Morgan fingerprint density at radius 3 is 2.50 bits per heavy atom. The van der Waals surface area contributed by atoms with Crippen molar-refractivity contribution in [1.82, 2.24) is 0 Å². The zero-order valence-corrected chi connectivity index (χ0v) is 13.1. The molecule has 1 aromatic carbocycles. The third-order valence-corrected chi connectivity index (χ3v) is 4.08. The highest BCUT2D eigenvalue weighted by atomic mass is 35.5. The van der Waals surface area contributed by atoms with E-state index in [0.29, 0.717) is 12.4 Å². The highest BCUT2D eigenvalue weighted by Crippen LogP contribution is 2.30. The molecule has 0 aromatic heterocycles. The van der Waals surface area contributed by atoms with Crippen LogP contribution in [0.15, 0.2) is 18.2 Å². The normalized spacial score (nSPS) is 21.2. The largest absolute Gasteiger partial charge is 0.490 e. The predicted molar refractivity (Wildman–Crippen MR) is 81.4 cm³/mol. The maximum absolute atomic E-state index is 11.7. The maximum Gasteiger partial charge on any atom is 0.337 e. The number of carboxylic acids is 1. The van der Waals surface area contributed by atoms with Gasteiger partial charge in [-0.15, -0.1) is 0 Å². The van der Waals surface area contributed by atoms with Gasteiger partial charge in [-0.25, -0.2) is 4.79 Å². The number of carboxylic acid groups (broad SMARTS) is 1. The second-order valence-electron chi connectivity index (χ2n) is 5.29. The molecule has 1 saturated carbocycles. The Hall–Kier alpha value is -1.75. The number of rotatable bonds is 5. The number of halogens is 1. The third-order valence-electron chi connectivity index (χ3n) is 3.77. The average molecular weight is 327 g/mol. The minimum Gasteiger partial charge on any atom is -0.490 e. The molecule has 5 nitrogen and oxygen atoms in total. The number of ether oxygens (including phenoxy) is 2. The first kappa shape index (κ1) is 16.6. The maximum atomic E-state index is 11.7. The standard InChI is InChI=1S/C16H19ClO5/c1-2-21-16(20)10-3-5-11(6-4-10)22-12-7-8-13(15(18)19)14(17)9-12/h7-11H,2-6H2,1H3,(H,18,19)/t10-,11+. The number of hydrogen-bond donors (Lipinski definition) is 1. The third kappa shape index (κ3) is 4.13. The topological polar surface area (TPSA) is 72.8 Å². The van der Waals surface area contributed by atoms with Gasteiger partial charge in [-0.3, -0.25) is 4.79 Å². The smallest absolute Gasteiger partial charge is 0.337 e. The molecule has 0 saturated heterocycles. The van der Waals surface area contributed by atoms with Crippen molar-refractivity contribution in [3.8, 4) is 5.75 Å². The van der Waals surface area contributed by atoms with Crippen LogP contribution in [-0.4, -0.2) is 29.8 Å². The van der Waals surface area contributed by atoms with Crippen LogP contribution in [0.4, 0.5) is 0 Å². The van der Waals surface area contributed by atoms with Crippen molar-refractivity contribution in [1.29, 1.82) is 0 Å². The molecule has 0 radical (unpaired) electrons. The molecule has 0 spiro atoms. The zero-order chi connectivity index (χ0) is 16.1. The van der Waals surface area contributed by atoms with Gasteiger partial charge in [0, 0.05) is 0 Å². The lowest BCUT2D eigenvalue weighted by atomic mass is 9.87. The second-order valence-corrected chi connectivity index (χ2v) is 5.70. The van der Waals surface area contributed by atoms with Crippen molar-refractivity contribution in [3.63, 3.8) is 0 Å². The Bertz CT molecular complexity index is 549. The Morgan fingerprint density at radius 1 is 1.27 bits per heavy atom. The van der Waals surface area contributed by atoms with Crippen molar-refractivity contribution in [2.45, 2.75) is 38.7 Å². The van der Waals surface area contributed by atoms with E-state index in [1.165, 1.54) is 12.1 Å². The van der Waals surface area contributed by atoms with Crippen LogP contribution in [0.25, 0.3) is 0 Å². The van der Waals surface area contributed by atoms with E-state index in [0.717, 1.165) is 25.7 Å². The first-order chi connectivity index (χ1) is 10.5. The molecule has 1 aliphatic rings. The van der Waals surface area contributed by atoms with Crippen molar-refractivity contribution >= 4 is 23.5 Å². The van der Waals surface area contributed by atoms with Gasteiger partial charge in [0.05, 0.1) is 29.2 Å². The predicted octanol–water partition coefficient (Wildman–Crippen LogP) is 3.54. The molecule has 22 heavy (non-hydrogen) atoms. The molecule has 0 heterocycles. The van der Waals surface area contributed by atoms with Crippen LogP contribution < -0.4 is 4.74 Å². The van der Waals surface area contributed by atoms with Crippen LogP contribution >= 0.6 is 11.6 Å². The molecule has 0 unspecified atom stereocenters. The van der Waals surface area contributed by atoms with Gasteiger partial charge in [-0.2, -0.15) is 0 Å². The van der Waals surface area contributed by atoms with Gasteiger partial charge < -0.3 is 14.6 Å². The minimum absolute atomic E-state index is 0.0115. The highest BCUT2D eigenvalue weighted by Gasteiger charge is 2.28. The molecule has 2 rings (SSSR count). The molecule has 120 valence electrons. The number of esters is 1.